The van der Waals surface area contributed by atoms with Gasteiger partial charge in [0, 0.05) is 11.6 Å². The van der Waals surface area contributed by atoms with Crippen molar-refractivity contribution in [2.45, 2.75) is 0 Å². The van der Waals surface area contributed by atoms with Gasteiger partial charge in [0.15, 0.2) is 5.78 Å². The lowest BCUT2D eigenvalue weighted by Crippen LogP contribution is -2.02. The molecule has 0 aliphatic heterocycles. The predicted molar refractivity (Wildman–Crippen MR) is 56.6 cm³/mol. The molecule has 2 aliphatic rings. The summed E-state index contributed by atoms with van der Waals surface area (Å²) >= 11 is 0. The van der Waals surface area contributed by atoms with Gasteiger partial charge in [0.25, 0.3) is 0 Å². The Morgan fingerprint density at radius 1 is 0.933 bits per heavy atom. The molecule has 0 bridgehead atoms. The first kappa shape index (κ1) is 8.36. The monoisotopic (exact) mass is 198 g/mol. The Bertz CT molecular complexity index is 562. The molecule has 0 saturated heterocycles. The lowest BCUT2D eigenvalue weighted by atomic mass is 9.96. The molecular weight excluding hydrogens is 191 g/mol. The van der Waals surface area contributed by atoms with Crippen molar-refractivity contribution in [2.75, 3.05) is 0 Å². The average molecular weight is 198 g/mol. The Hall–Kier alpha value is -1.96. The van der Waals surface area contributed by atoms with Crippen molar-refractivity contribution >= 4 is 17.4 Å². The van der Waals surface area contributed by atoms with Gasteiger partial charge >= 0.3 is 0 Å². The van der Waals surface area contributed by atoms with Gasteiger partial charge in [-0.25, -0.2) is 4.39 Å². The number of hydrogen-bond donors (Lipinski definition) is 0. The molecule has 1 nitrogen and oxygen atoms in total. The smallest absolute Gasteiger partial charge is 0.189 e. The second-order valence-corrected chi connectivity index (χ2v) is 3.60. The molecule has 15 heavy (non-hydrogen) atoms. The van der Waals surface area contributed by atoms with Gasteiger partial charge in [-0.3, -0.25) is 4.79 Å². The van der Waals surface area contributed by atoms with Gasteiger partial charge in [0.1, 0.15) is 5.83 Å². The third-order valence-corrected chi connectivity index (χ3v) is 2.66. The number of carbonyl (C=O) groups excluding carboxylic acids is 1. The van der Waals surface area contributed by atoms with Crippen LogP contribution in [0.15, 0.2) is 47.8 Å². The zero-order valence-electron chi connectivity index (χ0n) is 7.83. The van der Waals surface area contributed by atoms with Crippen molar-refractivity contribution in [1.29, 1.82) is 0 Å². The van der Waals surface area contributed by atoms with Crippen LogP contribution in [0.5, 0.6) is 0 Å². The Labute approximate surface area is 86.2 Å². The zero-order valence-corrected chi connectivity index (χ0v) is 7.83. The molecule has 0 amide bonds. The molecule has 1 aromatic rings. The minimum absolute atomic E-state index is 0.249. The van der Waals surface area contributed by atoms with Crippen LogP contribution in [0.4, 0.5) is 4.39 Å². The van der Waals surface area contributed by atoms with Crippen molar-refractivity contribution in [3.8, 4) is 0 Å². The highest BCUT2D eigenvalue weighted by molar-refractivity contribution is 6.23. The third kappa shape index (κ3) is 1.11. The second-order valence-electron chi connectivity index (χ2n) is 3.60. The van der Waals surface area contributed by atoms with Crippen molar-refractivity contribution in [1.82, 2.24) is 0 Å². The highest BCUT2D eigenvalue weighted by Crippen LogP contribution is 2.38. The van der Waals surface area contributed by atoms with Crippen LogP contribution in [0, 0.1) is 0 Å². The fourth-order valence-corrected chi connectivity index (χ4v) is 1.99. The van der Waals surface area contributed by atoms with E-state index in [1.54, 1.807) is 0 Å². The van der Waals surface area contributed by atoms with E-state index in [4.69, 9.17) is 0 Å². The Balaban J connectivity index is 2.28. The number of rotatable bonds is 0. The van der Waals surface area contributed by atoms with Gasteiger partial charge in [-0.15, -0.1) is 0 Å². The van der Waals surface area contributed by atoms with E-state index in [0.717, 1.165) is 17.2 Å². The largest absolute Gasteiger partial charge is 0.289 e. The normalized spacial score (nSPS) is 17.7. The lowest BCUT2D eigenvalue weighted by Gasteiger charge is -2.08. The summed E-state index contributed by atoms with van der Waals surface area (Å²) in [5.41, 5.74) is 3.22. The number of hydrogen-bond acceptors (Lipinski definition) is 1. The fourth-order valence-electron chi connectivity index (χ4n) is 1.99. The van der Waals surface area contributed by atoms with E-state index in [-0.39, 0.29) is 5.78 Å². The molecule has 0 aromatic heterocycles. The summed E-state index contributed by atoms with van der Waals surface area (Å²) in [6, 6.07) is 7.61. The third-order valence-electron chi connectivity index (χ3n) is 2.66. The summed E-state index contributed by atoms with van der Waals surface area (Å²) in [5, 5.41) is 0. The molecule has 0 fully saturated rings. The van der Waals surface area contributed by atoms with Gasteiger partial charge in [-0.1, -0.05) is 24.3 Å². The van der Waals surface area contributed by atoms with Gasteiger partial charge < -0.3 is 0 Å². The standard InChI is InChI=1S/C13H7FO/c14-9-6-11-10-4-2-1-3-8(10)5-12(11)13(15)7-9/h1-7H. The zero-order chi connectivity index (χ0) is 10.4. The Kier molecular flexibility index (Phi) is 1.54. The first-order chi connectivity index (χ1) is 7.25. The molecule has 2 aliphatic carbocycles. The predicted octanol–water partition coefficient (Wildman–Crippen LogP) is 2.90. The Morgan fingerprint density at radius 2 is 1.73 bits per heavy atom. The number of ketones is 1. The molecule has 0 saturated carbocycles. The number of halogens is 1. The van der Waals surface area contributed by atoms with Gasteiger partial charge in [-0.2, -0.15) is 0 Å². The van der Waals surface area contributed by atoms with Crippen LogP contribution in [0.25, 0.3) is 11.6 Å². The van der Waals surface area contributed by atoms with E-state index >= 15 is 0 Å². The maximum atomic E-state index is 13.1. The van der Waals surface area contributed by atoms with Crippen molar-refractivity contribution in [3.63, 3.8) is 0 Å². The molecule has 1 aromatic carbocycles. The molecule has 72 valence electrons. The van der Waals surface area contributed by atoms with Crippen LogP contribution in [0.3, 0.4) is 0 Å². The molecule has 2 heteroatoms. The van der Waals surface area contributed by atoms with Crippen LogP contribution in [-0.4, -0.2) is 5.78 Å². The van der Waals surface area contributed by atoms with Crippen LogP contribution in [-0.2, 0) is 4.79 Å². The number of fused-ring (bicyclic) bond motifs is 3. The maximum Gasteiger partial charge on any atom is 0.189 e. The maximum absolute atomic E-state index is 13.1. The van der Waals surface area contributed by atoms with E-state index in [1.807, 2.05) is 30.3 Å². The summed E-state index contributed by atoms with van der Waals surface area (Å²) in [5.74, 6) is -0.718. The topological polar surface area (TPSA) is 17.1 Å². The Morgan fingerprint density at radius 3 is 2.60 bits per heavy atom. The van der Waals surface area contributed by atoms with Gasteiger partial charge in [0.2, 0.25) is 0 Å². The molecule has 0 spiro atoms. The van der Waals surface area contributed by atoms with Crippen LogP contribution in [0.2, 0.25) is 0 Å². The number of benzene rings is 1. The summed E-state index contributed by atoms with van der Waals surface area (Å²) in [6.45, 7) is 0. The molecule has 0 N–H and O–H groups in total. The SMILES string of the molecule is O=C1C=C(F)C=C2C1=Cc1ccccc12. The first-order valence-electron chi connectivity index (χ1n) is 4.70. The molecule has 0 unspecified atom stereocenters. The summed E-state index contributed by atoms with van der Waals surface area (Å²) in [7, 11) is 0. The highest BCUT2D eigenvalue weighted by atomic mass is 19.1. The number of carbonyl (C=O) groups is 1. The lowest BCUT2D eigenvalue weighted by molar-refractivity contribution is -0.111. The summed E-state index contributed by atoms with van der Waals surface area (Å²) < 4.78 is 13.1. The fraction of sp³-hybridized carbons (Fsp3) is 0. The van der Waals surface area contributed by atoms with Crippen LogP contribution < -0.4 is 0 Å². The van der Waals surface area contributed by atoms with Crippen LogP contribution in [0.1, 0.15) is 11.1 Å². The second kappa shape index (κ2) is 2.76. The van der Waals surface area contributed by atoms with Gasteiger partial charge in [0.05, 0.1) is 0 Å². The van der Waals surface area contributed by atoms with E-state index in [1.165, 1.54) is 6.08 Å². The van der Waals surface area contributed by atoms with Gasteiger partial charge in [-0.05, 0) is 28.9 Å². The van der Waals surface area contributed by atoms with E-state index in [0.29, 0.717) is 11.1 Å². The van der Waals surface area contributed by atoms with Crippen molar-refractivity contribution in [2.24, 2.45) is 0 Å². The average Bonchev–Trinajstić information content (AvgIpc) is 2.57. The molecule has 0 radical (unpaired) electrons. The number of allylic oxidation sites excluding steroid dienone is 5. The van der Waals surface area contributed by atoms with Crippen molar-refractivity contribution < 1.29 is 9.18 Å². The quantitative estimate of drug-likeness (QED) is 0.626. The van der Waals surface area contributed by atoms with E-state index in [9.17, 15) is 9.18 Å². The van der Waals surface area contributed by atoms with E-state index < -0.39 is 5.83 Å². The van der Waals surface area contributed by atoms with Crippen LogP contribution >= 0.6 is 0 Å². The van der Waals surface area contributed by atoms with Crippen molar-refractivity contribution in [3.05, 3.63) is 58.9 Å². The summed E-state index contributed by atoms with van der Waals surface area (Å²) in [4.78, 5) is 11.5. The molecule has 3 rings (SSSR count). The highest BCUT2D eigenvalue weighted by Gasteiger charge is 2.25. The first-order valence-corrected chi connectivity index (χ1v) is 4.70. The van der Waals surface area contributed by atoms with E-state index in [2.05, 4.69) is 0 Å². The molecule has 0 heterocycles. The molecule has 0 atom stereocenters. The minimum Gasteiger partial charge on any atom is -0.289 e. The minimum atomic E-state index is -0.469. The molecular formula is C13H7FO. The summed E-state index contributed by atoms with van der Waals surface area (Å²) in [6.07, 6.45) is 4.26.